The van der Waals surface area contributed by atoms with Crippen LogP contribution < -0.4 is 10.6 Å². The first-order valence-electron chi connectivity index (χ1n) is 10.5. The summed E-state index contributed by atoms with van der Waals surface area (Å²) >= 11 is 0. The molecule has 0 amide bonds. The number of rotatable bonds is 10. The lowest BCUT2D eigenvalue weighted by Gasteiger charge is -2.30. The van der Waals surface area contributed by atoms with Crippen LogP contribution in [0.25, 0.3) is 0 Å². The second-order valence-electron chi connectivity index (χ2n) is 8.38. The van der Waals surface area contributed by atoms with E-state index in [0.717, 1.165) is 38.5 Å². The predicted molar refractivity (Wildman–Crippen MR) is 108 cm³/mol. The number of nitrogens with zero attached hydrogens (tertiary/aromatic N) is 2. The van der Waals surface area contributed by atoms with Crippen LogP contribution in [0.3, 0.4) is 0 Å². The van der Waals surface area contributed by atoms with Crippen molar-refractivity contribution in [3.63, 3.8) is 0 Å². The smallest absolute Gasteiger partial charge is 0.191 e. The van der Waals surface area contributed by atoms with Crippen molar-refractivity contribution in [3.8, 4) is 0 Å². The van der Waals surface area contributed by atoms with Gasteiger partial charge in [0.2, 0.25) is 0 Å². The van der Waals surface area contributed by atoms with E-state index in [1.165, 1.54) is 32.4 Å². The fourth-order valence-electron chi connectivity index (χ4n) is 4.10. The van der Waals surface area contributed by atoms with Gasteiger partial charge in [0.05, 0.1) is 13.2 Å². The van der Waals surface area contributed by atoms with E-state index in [4.69, 9.17) is 9.73 Å². The molecule has 0 aromatic carbocycles. The van der Waals surface area contributed by atoms with Crippen molar-refractivity contribution in [2.24, 2.45) is 16.3 Å². The van der Waals surface area contributed by atoms with Gasteiger partial charge in [-0.25, -0.2) is 0 Å². The molecule has 6 heteroatoms. The number of likely N-dealkylation sites (tertiary alicyclic amines) is 1. The van der Waals surface area contributed by atoms with Gasteiger partial charge < -0.3 is 20.5 Å². The molecule has 2 aliphatic heterocycles. The molecule has 0 saturated carbocycles. The second kappa shape index (κ2) is 11.1. The van der Waals surface area contributed by atoms with E-state index in [-0.39, 0.29) is 12.0 Å². The van der Waals surface area contributed by atoms with Crippen molar-refractivity contribution < 1.29 is 9.84 Å². The van der Waals surface area contributed by atoms with Crippen LogP contribution in [0.2, 0.25) is 0 Å². The molecule has 0 bridgehead atoms. The van der Waals surface area contributed by atoms with Crippen molar-refractivity contribution in [2.75, 3.05) is 52.5 Å². The molecule has 0 spiro atoms. The normalized spacial score (nSPS) is 25.8. The third kappa shape index (κ3) is 6.71. The summed E-state index contributed by atoms with van der Waals surface area (Å²) in [5.74, 6) is 1.59. The highest BCUT2D eigenvalue weighted by molar-refractivity contribution is 5.79. The topological polar surface area (TPSA) is 69.1 Å². The summed E-state index contributed by atoms with van der Waals surface area (Å²) in [5.41, 5.74) is 0.00336. The van der Waals surface area contributed by atoms with Gasteiger partial charge in [-0.05, 0) is 58.0 Å². The van der Waals surface area contributed by atoms with Gasteiger partial charge in [0.25, 0.3) is 0 Å². The third-order valence-electron chi connectivity index (χ3n) is 5.65. The highest BCUT2D eigenvalue weighted by atomic mass is 16.5. The van der Waals surface area contributed by atoms with Gasteiger partial charge in [-0.1, -0.05) is 13.8 Å². The molecule has 3 N–H and O–H groups in total. The van der Waals surface area contributed by atoms with Crippen LogP contribution in [0.5, 0.6) is 0 Å². The first kappa shape index (κ1) is 21.5. The summed E-state index contributed by atoms with van der Waals surface area (Å²) in [6.07, 6.45) is 5.62. The lowest BCUT2D eigenvalue weighted by Crippen LogP contribution is -2.47. The Morgan fingerprint density at radius 3 is 2.62 bits per heavy atom. The first-order chi connectivity index (χ1) is 12.6. The Balaban J connectivity index is 1.94. The number of aliphatic hydroxyl groups excluding tert-OH is 1. The Morgan fingerprint density at radius 1 is 1.27 bits per heavy atom. The van der Waals surface area contributed by atoms with Crippen LogP contribution in [0.15, 0.2) is 4.99 Å². The number of hydrogen-bond acceptors (Lipinski definition) is 4. The monoisotopic (exact) mass is 368 g/mol. The summed E-state index contributed by atoms with van der Waals surface area (Å²) in [6.45, 7) is 13.4. The Hall–Kier alpha value is -0.850. The highest BCUT2D eigenvalue weighted by Crippen LogP contribution is 2.32. The molecule has 6 nitrogen and oxygen atoms in total. The molecular formula is C20H40N4O2. The van der Waals surface area contributed by atoms with E-state index in [9.17, 15) is 5.11 Å². The number of hydrogen-bond donors (Lipinski definition) is 3. The van der Waals surface area contributed by atoms with E-state index >= 15 is 0 Å². The van der Waals surface area contributed by atoms with Crippen LogP contribution in [0.4, 0.5) is 0 Å². The number of aliphatic imine (C=N–C) groups is 1. The van der Waals surface area contributed by atoms with Crippen LogP contribution in [0, 0.1) is 11.3 Å². The Morgan fingerprint density at radius 2 is 2.04 bits per heavy atom. The van der Waals surface area contributed by atoms with Gasteiger partial charge in [-0.3, -0.25) is 9.89 Å². The fraction of sp³-hybridized carbons (Fsp3) is 0.950. The SMILES string of the molecule is CCNC(=NCC1(CCO)CCOC1)NCC(CC(C)C)N1CCCC1. The highest BCUT2D eigenvalue weighted by Gasteiger charge is 2.34. The molecule has 2 aliphatic rings. The van der Waals surface area contributed by atoms with Crippen LogP contribution >= 0.6 is 0 Å². The first-order valence-corrected chi connectivity index (χ1v) is 10.5. The maximum absolute atomic E-state index is 9.40. The molecular weight excluding hydrogens is 328 g/mol. The molecule has 2 fully saturated rings. The quantitative estimate of drug-likeness (QED) is 0.405. The number of nitrogens with one attached hydrogen (secondary N) is 2. The minimum absolute atomic E-state index is 0.00336. The zero-order valence-corrected chi connectivity index (χ0v) is 17.1. The van der Waals surface area contributed by atoms with E-state index in [0.29, 0.717) is 25.1 Å². The van der Waals surface area contributed by atoms with Gasteiger partial charge in [-0.15, -0.1) is 0 Å². The van der Waals surface area contributed by atoms with Crippen molar-refractivity contribution in [1.29, 1.82) is 0 Å². The average molecular weight is 369 g/mol. The number of aliphatic hydroxyl groups is 1. The van der Waals surface area contributed by atoms with Crippen LogP contribution in [-0.4, -0.2) is 74.6 Å². The van der Waals surface area contributed by atoms with Gasteiger partial charge in [0, 0.05) is 37.8 Å². The summed E-state index contributed by atoms with van der Waals surface area (Å²) in [4.78, 5) is 7.48. The summed E-state index contributed by atoms with van der Waals surface area (Å²) in [6, 6.07) is 0.572. The zero-order chi connectivity index (χ0) is 18.8. The second-order valence-corrected chi connectivity index (χ2v) is 8.38. The van der Waals surface area contributed by atoms with E-state index in [1.807, 2.05) is 0 Å². The lowest BCUT2D eigenvalue weighted by molar-refractivity contribution is 0.131. The van der Waals surface area contributed by atoms with Crippen molar-refractivity contribution in [2.45, 2.75) is 58.9 Å². The average Bonchev–Trinajstić information content (AvgIpc) is 3.28. The number of guanidine groups is 1. The van der Waals surface area contributed by atoms with Crippen molar-refractivity contribution in [1.82, 2.24) is 15.5 Å². The lowest BCUT2D eigenvalue weighted by atomic mass is 9.84. The molecule has 0 aliphatic carbocycles. The standard InChI is InChI=1S/C20H40N4O2/c1-4-21-19(23-15-20(7-11-25)8-12-26-16-20)22-14-18(13-17(2)3)24-9-5-6-10-24/h17-18,25H,4-16H2,1-3H3,(H2,21,22,23). The summed E-state index contributed by atoms with van der Waals surface area (Å²) in [5, 5.41) is 16.4. The zero-order valence-electron chi connectivity index (χ0n) is 17.1. The predicted octanol–water partition coefficient (Wildman–Crippen LogP) is 1.84. The number of ether oxygens (including phenoxy) is 1. The minimum atomic E-state index is 0.00336. The van der Waals surface area contributed by atoms with Crippen molar-refractivity contribution in [3.05, 3.63) is 0 Å². The van der Waals surface area contributed by atoms with Gasteiger partial charge >= 0.3 is 0 Å². The molecule has 2 saturated heterocycles. The Labute approximate surface area is 159 Å². The Kier molecular flexibility index (Phi) is 9.16. The third-order valence-corrected chi connectivity index (χ3v) is 5.65. The maximum Gasteiger partial charge on any atom is 0.191 e. The maximum atomic E-state index is 9.40. The molecule has 152 valence electrons. The largest absolute Gasteiger partial charge is 0.396 e. The Bertz CT molecular complexity index is 416. The minimum Gasteiger partial charge on any atom is -0.396 e. The van der Waals surface area contributed by atoms with Gasteiger partial charge in [0.1, 0.15) is 0 Å². The molecule has 2 unspecified atom stereocenters. The molecule has 2 atom stereocenters. The molecule has 2 rings (SSSR count). The molecule has 0 aromatic rings. The van der Waals surface area contributed by atoms with Gasteiger partial charge in [-0.2, -0.15) is 0 Å². The molecule has 0 radical (unpaired) electrons. The molecule has 26 heavy (non-hydrogen) atoms. The fourth-order valence-corrected chi connectivity index (χ4v) is 4.10. The van der Waals surface area contributed by atoms with Crippen LogP contribution in [0.1, 0.15) is 52.9 Å². The summed E-state index contributed by atoms with van der Waals surface area (Å²) in [7, 11) is 0. The van der Waals surface area contributed by atoms with E-state index < -0.39 is 0 Å². The molecule has 0 aromatic heterocycles. The van der Waals surface area contributed by atoms with Crippen molar-refractivity contribution >= 4 is 5.96 Å². The van der Waals surface area contributed by atoms with E-state index in [1.54, 1.807) is 0 Å². The summed E-state index contributed by atoms with van der Waals surface area (Å²) < 4.78 is 5.59. The molecule has 2 heterocycles. The van der Waals surface area contributed by atoms with Crippen LogP contribution in [-0.2, 0) is 4.74 Å². The van der Waals surface area contributed by atoms with Gasteiger partial charge in [0.15, 0.2) is 5.96 Å². The van der Waals surface area contributed by atoms with E-state index in [2.05, 4.69) is 36.3 Å².